The third-order valence-corrected chi connectivity index (χ3v) is 3.76. The van der Waals surface area contributed by atoms with Gasteiger partial charge < -0.3 is 4.98 Å². The van der Waals surface area contributed by atoms with Gasteiger partial charge in [-0.1, -0.05) is 54.6 Å². The molecule has 0 atom stereocenters. The molecule has 3 heteroatoms. The summed E-state index contributed by atoms with van der Waals surface area (Å²) in [4.78, 5) is 15.8. The van der Waals surface area contributed by atoms with Gasteiger partial charge in [0.05, 0.1) is 0 Å². The molecule has 0 amide bonds. The summed E-state index contributed by atoms with van der Waals surface area (Å²) in [6.07, 6.45) is 5.24. The highest BCUT2D eigenvalue weighted by atomic mass is 16.1. The highest BCUT2D eigenvalue weighted by Crippen LogP contribution is 2.21. The molecule has 116 valence electrons. The molecular formula is C21H16N2O. The zero-order chi connectivity index (χ0) is 16.9. The Morgan fingerprint density at radius 1 is 1.08 bits per heavy atom. The monoisotopic (exact) mass is 312 g/mol. The maximum atomic E-state index is 12.7. The molecule has 0 aliphatic heterocycles. The van der Waals surface area contributed by atoms with Crippen molar-refractivity contribution in [3.05, 3.63) is 89.1 Å². The SMILES string of the molecule is CC(=C/c1ccccc1)/C=C(/C#N)C(=O)c1c[nH]c2ccccc12. The van der Waals surface area contributed by atoms with Crippen LogP contribution in [0.5, 0.6) is 0 Å². The second kappa shape index (κ2) is 6.80. The van der Waals surface area contributed by atoms with Crippen LogP contribution in [0.3, 0.4) is 0 Å². The Morgan fingerprint density at radius 2 is 1.79 bits per heavy atom. The van der Waals surface area contributed by atoms with Crippen molar-refractivity contribution in [3.63, 3.8) is 0 Å². The fourth-order valence-corrected chi connectivity index (χ4v) is 2.63. The van der Waals surface area contributed by atoms with Crippen LogP contribution in [-0.2, 0) is 0 Å². The van der Waals surface area contributed by atoms with Crippen molar-refractivity contribution >= 4 is 22.8 Å². The number of rotatable bonds is 4. The van der Waals surface area contributed by atoms with Gasteiger partial charge in [0, 0.05) is 22.7 Å². The molecule has 1 N–H and O–H groups in total. The van der Waals surface area contributed by atoms with E-state index in [4.69, 9.17) is 0 Å². The number of fused-ring (bicyclic) bond motifs is 1. The predicted molar refractivity (Wildman–Crippen MR) is 96.4 cm³/mol. The van der Waals surface area contributed by atoms with E-state index in [0.29, 0.717) is 5.56 Å². The Labute approximate surface area is 140 Å². The summed E-state index contributed by atoms with van der Waals surface area (Å²) >= 11 is 0. The molecule has 1 heterocycles. The Balaban J connectivity index is 1.95. The van der Waals surface area contributed by atoms with E-state index < -0.39 is 0 Å². The number of H-pyrrole nitrogens is 1. The molecule has 0 spiro atoms. The second-order valence-electron chi connectivity index (χ2n) is 5.55. The van der Waals surface area contributed by atoms with Crippen LogP contribution in [0.1, 0.15) is 22.8 Å². The van der Waals surface area contributed by atoms with E-state index in [1.54, 1.807) is 12.3 Å². The summed E-state index contributed by atoms with van der Waals surface area (Å²) in [5, 5.41) is 10.2. The molecule has 3 rings (SSSR count). The van der Waals surface area contributed by atoms with Crippen LogP contribution < -0.4 is 0 Å². The number of nitrogens with zero attached hydrogens (tertiary/aromatic N) is 1. The number of aromatic amines is 1. The van der Waals surface area contributed by atoms with Crippen LogP contribution in [0.25, 0.3) is 17.0 Å². The van der Waals surface area contributed by atoms with Gasteiger partial charge in [-0.15, -0.1) is 0 Å². The lowest BCUT2D eigenvalue weighted by molar-refractivity contribution is 0.104. The molecule has 0 radical (unpaired) electrons. The molecule has 3 nitrogen and oxygen atoms in total. The molecule has 0 aliphatic rings. The molecule has 2 aromatic carbocycles. The van der Waals surface area contributed by atoms with Gasteiger partial charge in [-0.05, 0) is 30.2 Å². The number of hydrogen-bond donors (Lipinski definition) is 1. The number of hydrogen-bond acceptors (Lipinski definition) is 2. The van der Waals surface area contributed by atoms with Gasteiger partial charge in [-0.25, -0.2) is 0 Å². The topological polar surface area (TPSA) is 56.6 Å². The average molecular weight is 312 g/mol. The van der Waals surface area contributed by atoms with Crippen LogP contribution in [0, 0.1) is 11.3 Å². The van der Waals surface area contributed by atoms with Crippen molar-refractivity contribution in [1.82, 2.24) is 4.98 Å². The molecule has 0 bridgehead atoms. The van der Waals surface area contributed by atoms with Crippen molar-refractivity contribution < 1.29 is 4.79 Å². The van der Waals surface area contributed by atoms with Crippen molar-refractivity contribution in [3.8, 4) is 6.07 Å². The van der Waals surface area contributed by atoms with Crippen LogP contribution >= 0.6 is 0 Å². The number of aromatic nitrogens is 1. The van der Waals surface area contributed by atoms with Gasteiger partial charge in [-0.2, -0.15) is 5.26 Å². The van der Waals surface area contributed by atoms with E-state index in [0.717, 1.165) is 22.0 Å². The molecule has 3 aromatic rings. The van der Waals surface area contributed by atoms with Crippen molar-refractivity contribution in [1.29, 1.82) is 5.26 Å². The quantitative estimate of drug-likeness (QED) is 0.322. The standard InChI is InChI=1S/C21H16N2O/c1-15(11-16-7-3-2-4-8-16)12-17(13-22)21(24)19-14-23-20-10-6-5-9-18(19)20/h2-12,14,23H,1H3/b15-11-,17-12-. The minimum atomic E-state index is -0.268. The Hall–Kier alpha value is -3.38. The summed E-state index contributed by atoms with van der Waals surface area (Å²) < 4.78 is 0. The first-order chi connectivity index (χ1) is 11.7. The Morgan fingerprint density at radius 3 is 2.54 bits per heavy atom. The first kappa shape index (κ1) is 15.5. The summed E-state index contributed by atoms with van der Waals surface area (Å²) in [7, 11) is 0. The highest BCUT2D eigenvalue weighted by molar-refractivity contribution is 6.18. The van der Waals surface area contributed by atoms with Gasteiger partial charge >= 0.3 is 0 Å². The fourth-order valence-electron chi connectivity index (χ4n) is 2.63. The first-order valence-corrected chi connectivity index (χ1v) is 7.65. The first-order valence-electron chi connectivity index (χ1n) is 7.65. The smallest absolute Gasteiger partial charge is 0.205 e. The molecule has 0 aliphatic carbocycles. The zero-order valence-corrected chi connectivity index (χ0v) is 13.3. The van der Waals surface area contributed by atoms with E-state index in [2.05, 4.69) is 4.98 Å². The van der Waals surface area contributed by atoms with Gasteiger partial charge in [0.15, 0.2) is 0 Å². The maximum absolute atomic E-state index is 12.7. The number of nitrogens with one attached hydrogen (secondary N) is 1. The van der Waals surface area contributed by atoms with Crippen LogP contribution in [-0.4, -0.2) is 10.8 Å². The summed E-state index contributed by atoms with van der Waals surface area (Å²) in [6.45, 7) is 1.88. The largest absolute Gasteiger partial charge is 0.360 e. The Kier molecular flexibility index (Phi) is 4.40. The normalized spacial score (nSPS) is 12.2. The zero-order valence-electron chi connectivity index (χ0n) is 13.3. The lowest BCUT2D eigenvalue weighted by atomic mass is 10.0. The van der Waals surface area contributed by atoms with E-state index >= 15 is 0 Å². The summed E-state index contributed by atoms with van der Waals surface area (Å²) in [6, 6.07) is 19.4. The predicted octanol–water partition coefficient (Wildman–Crippen LogP) is 4.90. The average Bonchev–Trinajstić information content (AvgIpc) is 3.04. The van der Waals surface area contributed by atoms with E-state index in [-0.39, 0.29) is 11.4 Å². The van der Waals surface area contributed by atoms with Gasteiger partial charge in [0.2, 0.25) is 5.78 Å². The van der Waals surface area contributed by atoms with Crippen LogP contribution in [0.4, 0.5) is 0 Å². The fraction of sp³-hybridized carbons (Fsp3) is 0.0476. The minimum absolute atomic E-state index is 0.129. The van der Waals surface area contributed by atoms with Crippen molar-refractivity contribution in [2.45, 2.75) is 6.92 Å². The highest BCUT2D eigenvalue weighted by Gasteiger charge is 2.16. The van der Waals surface area contributed by atoms with E-state index in [9.17, 15) is 10.1 Å². The lowest BCUT2D eigenvalue weighted by Gasteiger charge is -1.99. The van der Waals surface area contributed by atoms with Crippen molar-refractivity contribution in [2.24, 2.45) is 0 Å². The molecule has 0 saturated heterocycles. The minimum Gasteiger partial charge on any atom is -0.360 e. The van der Waals surface area contributed by atoms with Gasteiger partial charge in [-0.3, -0.25) is 4.79 Å². The summed E-state index contributed by atoms with van der Waals surface area (Å²) in [5.74, 6) is -0.268. The molecule has 1 aromatic heterocycles. The third kappa shape index (κ3) is 3.18. The molecule has 24 heavy (non-hydrogen) atoms. The van der Waals surface area contributed by atoms with Crippen LogP contribution in [0.15, 0.2) is 78.0 Å². The molecular weight excluding hydrogens is 296 g/mol. The number of para-hydroxylation sites is 1. The second-order valence-corrected chi connectivity index (χ2v) is 5.55. The number of ketones is 1. The molecule has 0 unspecified atom stereocenters. The maximum Gasteiger partial charge on any atom is 0.205 e. The molecule has 0 saturated carbocycles. The van der Waals surface area contributed by atoms with E-state index in [1.165, 1.54) is 0 Å². The number of carbonyl (C=O) groups is 1. The van der Waals surface area contributed by atoms with Gasteiger partial charge in [0.1, 0.15) is 11.6 Å². The van der Waals surface area contributed by atoms with E-state index in [1.807, 2.05) is 73.7 Å². The summed E-state index contributed by atoms with van der Waals surface area (Å²) in [5.41, 5.74) is 3.42. The number of nitriles is 1. The number of carbonyl (C=O) groups excluding carboxylic acids is 1. The van der Waals surface area contributed by atoms with Crippen LogP contribution in [0.2, 0.25) is 0 Å². The van der Waals surface area contributed by atoms with Crippen molar-refractivity contribution in [2.75, 3.05) is 0 Å². The number of allylic oxidation sites excluding steroid dienone is 3. The Bertz CT molecular complexity index is 985. The molecule has 0 fully saturated rings. The number of Topliss-reactive ketones (excluding diaryl/α,β-unsaturated/α-hetero) is 1. The third-order valence-electron chi connectivity index (χ3n) is 3.76. The van der Waals surface area contributed by atoms with Gasteiger partial charge in [0.25, 0.3) is 0 Å². The number of benzene rings is 2. The lowest BCUT2D eigenvalue weighted by Crippen LogP contribution is -2.01.